The zero-order valence-electron chi connectivity index (χ0n) is 21.3. The molecular weight excluding hydrogens is 473 g/mol. The van der Waals surface area contributed by atoms with Crippen molar-refractivity contribution in [3.05, 3.63) is 107 Å². The molecule has 6 heteroatoms. The number of hydrogen-bond donors (Lipinski definition) is 0. The van der Waals surface area contributed by atoms with Crippen molar-refractivity contribution in [3.63, 3.8) is 0 Å². The molecule has 0 spiro atoms. The van der Waals surface area contributed by atoms with Crippen molar-refractivity contribution in [1.82, 2.24) is 9.80 Å². The van der Waals surface area contributed by atoms with Gasteiger partial charge in [-0.05, 0) is 76.4 Å². The van der Waals surface area contributed by atoms with E-state index in [4.69, 9.17) is 0 Å². The van der Waals surface area contributed by atoms with Crippen molar-refractivity contribution in [3.8, 4) is 11.1 Å². The Balaban J connectivity index is 1.47. The summed E-state index contributed by atoms with van der Waals surface area (Å²) in [6.07, 6.45) is -4.36. The average Bonchev–Trinajstić information content (AvgIpc) is 2.91. The van der Waals surface area contributed by atoms with E-state index in [2.05, 4.69) is 43.0 Å². The van der Waals surface area contributed by atoms with Crippen LogP contribution in [0.2, 0.25) is 0 Å². The molecule has 0 atom stereocenters. The SMILES string of the molecule is CCN(CC)Cc1ccc2c(CN(C)C(=O)c3ccc(-c4ccc(C(F)(F)F)cc4)cc3)cccc2c1. The van der Waals surface area contributed by atoms with Gasteiger partial charge in [-0.25, -0.2) is 0 Å². The van der Waals surface area contributed by atoms with Gasteiger partial charge in [0.05, 0.1) is 5.56 Å². The van der Waals surface area contributed by atoms with Gasteiger partial charge in [-0.15, -0.1) is 0 Å². The number of hydrogen-bond acceptors (Lipinski definition) is 2. The van der Waals surface area contributed by atoms with E-state index < -0.39 is 11.7 Å². The first kappa shape index (κ1) is 26.4. The van der Waals surface area contributed by atoms with Crippen LogP contribution in [0.1, 0.15) is 40.9 Å². The molecule has 0 aliphatic heterocycles. The third-order valence-corrected chi connectivity index (χ3v) is 6.77. The van der Waals surface area contributed by atoms with Gasteiger partial charge in [0, 0.05) is 25.7 Å². The fourth-order valence-corrected chi connectivity index (χ4v) is 4.55. The largest absolute Gasteiger partial charge is 0.416 e. The number of halogens is 3. The van der Waals surface area contributed by atoms with E-state index in [-0.39, 0.29) is 5.91 Å². The predicted octanol–water partition coefficient (Wildman–Crippen LogP) is 7.64. The lowest BCUT2D eigenvalue weighted by molar-refractivity contribution is -0.137. The standard InChI is InChI=1S/C31H31F3N2O/c1-4-36(5-2)20-22-9-18-29-26(19-22)7-6-8-27(29)21-35(3)30(37)25-12-10-23(11-13-25)24-14-16-28(17-15-24)31(32,33)34/h6-19H,4-5,20-21H2,1-3H3. The molecule has 0 unspecified atom stereocenters. The smallest absolute Gasteiger partial charge is 0.337 e. The number of fused-ring (bicyclic) bond motifs is 1. The molecule has 0 bridgehead atoms. The molecular formula is C31H31F3N2O. The molecule has 0 saturated heterocycles. The molecule has 0 N–H and O–H groups in total. The highest BCUT2D eigenvalue weighted by molar-refractivity contribution is 5.95. The molecule has 0 aliphatic carbocycles. The van der Waals surface area contributed by atoms with Crippen LogP contribution in [0.4, 0.5) is 13.2 Å². The molecule has 0 fully saturated rings. The van der Waals surface area contributed by atoms with Crippen molar-refractivity contribution < 1.29 is 18.0 Å². The van der Waals surface area contributed by atoms with E-state index in [1.165, 1.54) is 17.7 Å². The van der Waals surface area contributed by atoms with E-state index in [1.807, 2.05) is 12.1 Å². The van der Waals surface area contributed by atoms with Gasteiger partial charge in [0.15, 0.2) is 0 Å². The summed E-state index contributed by atoms with van der Waals surface area (Å²) in [4.78, 5) is 17.2. The van der Waals surface area contributed by atoms with E-state index >= 15 is 0 Å². The van der Waals surface area contributed by atoms with Gasteiger partial charge in [0.2, 0.25) is 0 Å². The molecule has 4 rings (SSSR count). The Hall–Kier alpha value is -3.64. The van der Waals surface area contributed by atoms with Crippen LogP contribution in [0, 0.1) is 0 Å². The topological polar surface area (TPSA) is 23.6 Å². The molecule has 0 radical (unpaired) electrons. The Labute approximate surface area is 216 Å². The number of carbonyl (C=O) groups excluding carboxylic acids is 1. The van der Waals surface area contributed by atoms with E-state index in [0.717, 1.165) is 53.7 Å². The number of benzene rings is 4. The third-order valence-electron chi connectivity index (χ3n) is 6.77. The van der Waals surface area contributed by atoms with Gasteiger partial charge in [-0.3, -0.25) is 9.69 Å². The Morgan fingerprint density at radius 2 is 1.41 bits per heavy atom. The second kappa shape index (κ2) is 11.2. The van der Waals surface area contributed by atoms with Crippen molar-refractivity contribution in [2.75, 3.05) is 20.1 Å². The molecule has 37 heavy (non-hydrogen) atoms. The summed E-state index contributed by atoms with van der Waals surface area (Å²) in [6, 6.07) is 24.7. The highest BCUT2D eigenvalue weighted by atomic mass is 19.4. The number of carbonyl (C=O) groups is 1. The Kier molecular flexibility index (Phi) is 7.98. The van der Waals surface area contributed by atoms with Gasteiger partial charge in [-0.2, -0.15) is 13.2 Å². The van der Waals surface area contributed by atoms with Crippen LogP contribution in [0.5, 0.6) is 0 Å². The summed E-state index contributed by atoms with van der Waals surface area (Å²) in [5.41, 5.74) is 3.60. The summed E-state index contributed by atoms with van der Waals surface area (Å²) in [5.74, 6) is -0.117. The van der Waals surface area contributed by atoms with Crippen LogP contribution < -0.4 is 0 Å². The first-order chi connectivity index (χ1) is 17.7. The zero-order chi connectivity index (χ0) is 26.6. The van der Waals surface area contributed by atoms with E-state index in [1.54, 1.807) is 36.2 Å². The maximum absolute atomic E-state index is 13.1. The monoisotopic (exact) mass is 504 g/mol. The number of amides is 1. The molecule has 4 aromatic carbocycles. The molecule has 0 aliphatic rings. The number of nitrogens with zero attached hydrogens (tertiary/aromatic N) is 2. The predicted molar refractivity (Wildman–Crippen MR) is 143 cm³/mol. The van der Waals surface area contributed by atoms with Gasteiger partial charge in [-0.1, -0.05) is 68.4 Å². The fourth-order valence-electron chi connectivity index (χ4n) is 4.55. The number of alkyl halides is 3. The second-order valence-corrected chi connectivity index (χ2v) is 9.25. The van der Waals surface area contributed by atoms with Crippen molar-refractivity contribution >= 4 is 16.7 Å². The minimum Gasteiger partial charge on any atom is -0.337 e. The van der Waals surface area contributed by atoms with Crippen LogP contribution >= 0.6 is 0 Å². The van der Waals surface area contributed by atoms with Crippen LogP contribution in [-0.2, 0) is 19.3 Å². The van der Waals surface area contributed by atoms with E-state index in [0.29, 0.717) is 17.7 Å². The van der Waals surface area contributed by atoms with Gasteiger partial charge in [0.1, 0.15) is 0 Å². The Morgan fingerprint density at radius 3 is 2.00 bits per heavy atom. The normalized spacial score (nSPS) is 11.8. The first-order valence-electron chi connectivity index (χ1n) is 12.5. The van der Waals surface area contributed by atoms with Crippen molar-refractivity contribution in [1.29, 1.82) is 0 Å². The van der Waals surface area contributed by atoms with Crippen LogP contribution in [-0.4, -0.2) is 35.8 Å². The summed E-state index contributed by atoms with van der Waals surface area (Å²) >= 11 is 0. The molecule has 3 nitrogen and oxygen atoms in total. The highest BCUT2D eigenvalue weighted by Crippen LogP contribution is 2.31. The Morgan fingerprint density at radius 1 is 0.784 bits per heavy atom. The number of rotatable bonds is 8. The molecule has 4 aromatic rings. The minimum absolute atomic E-state index is 0.117. The van der Waals surface area contributed by atoms with Crippen LogP contribution in [0.3, 0.4) is 0 Å². The second-order valence-electron chi connectivity index (χ2n) is 9.25. The maximum atomic E-state index is 13.1. The summed E-state index contributed by atoms with van der Waals surface area (Å²) in [5, 5.41) is 2.28. The first-order valence-corrected chi connectivity index (χ1v) is 12.5. The summed E-state index contributed by atoms with van der Waals surface area (Å²) in [6.45, 7) is 7.72. The maximum Gasteiger partial charge on any atom is 0.416 e. The van der Waals surface area contributed by atoms with Crippen molar-refractivity contribution in [2.45, 2.75) is 33.1 Å². The fraction of sp³-hybridized carbons (Fsp3) is 0.258. The zero-order valence-corrected chi connectivity index (χ0v) is 21.3. The minimum atomic E-state index is -4.36. The van der Waals surface area contributed by atoms with Gasteiger partial charge < -0.3 is 4.90 Å². The lowest BCUT2D eigenvalue weighted by Gasteiger charge is -2.20. The molecule has 0 aromatic heterocycles. The summed E-state index contributed by atoms with van der Waals surface area (Å²) < 4.78 is 38.5. The highest BCUT2D eigenvalue weighted by Gasteiger charge is 2.30. The van der Waals surface area contributed by atoms with Crippen LogP contribution in [0.25, 0.3) is 21.9 Å². The molecule has 0 saturated carbocycles. The Bertz CT molecular complexity index is 1360. The molecule has 192 valence electrons. The van der Waals surface area contributed by atoms with Gasteiger partial charge >= 0.3 is 6.18 Å². The van der Waals surface area contributed by atoms with Crippen LogP contribution in [0.15, 0.2) is 84.9 Å². The third kappa shape index (κ3) is 6.20. The lowest BCUT2D eigenvalue weighted by atomic mass is 10.0. The molecule has 1 amide bonds. The lowest BCUT2D eigenvalue weighted by Crippen LogP contribution is -2.26. The van der Waals surface area contributed by atoms with Gasteiger partial charge in [0.25, 0.3) is 5.91 Å². The quantitative estimate of drug-likeness (QED) is 0.246. The molecule has 0 heterocycles. The van der Waals surface area contributed by atoms with Crippen molar-refractivity contribution in [2.24, 2.45) is 0 Å². The van der Waals surface area contributed by atoms with E-state index in [9.17, 15) is 18.0 Å². The summed E-state index contributed by atoms with van der Waals surface area (Å²) in [7, 11) is 1.78. The average molecular weight is 505 g/mol.